The molecule has 0 unspecified atom stereocenters. The van der Waals surface area contributed by atoms with E-state index in [1.54, 1.807) is 32.0 Å². The van der Waals surface area contributed by atoms with E-state index in [1.165, 1.54) is 17.1 Å². The Labute approximate surface area is 141 Å². The number of carbonyl (C=O) groups is 2. The molecule has 0 bridgehead atoms. The van der Waals surface area contributed by atoms with Crippen molar-refractivity contribution in [3.8, 4) is 11.1 Å². The number of carbonyl (C=O) groups excluding carboxylic acids is 2. The van der Waals surface area contributed by atoms with Crippen LogP contribution in [0.3, 0.4) is 0 Å². The Morgan fingerprint density at radius 2 is 2.04 bits per heavy atom. The molecule has 0 fully saturated rings. The van der Waals surface area contributed by atoms with Crippen LogP contribution in [-0.4, -0.2) is 31.8 Å². The Hall–Kier alpha value is -3.10. The highest BCUT2D eigenvalue weighted by atomic mass is 19.3. The molecule has 0 saturated carbocycles. The van der Waals surface area contributed by atoms with Crippen molar-refractivity contribution in [1.29, 1.82) is 0 Å². The van der Waals surface area contributed by atoms with Crippen molar-refractivity contribution >= 4 is 23.1 Å². The van der Waals surface area contributed by atoms with E-state index in [0.717, 1.165) is 0 Å². The molecular weight excluding hydrogens is 332 g/mol. The van der Waals surface area contributed by atoms with Crippen LogP contribution in [0.5, 0.6) is 0 Å². The number of rotatable bonds is 5. The maximum Gasteiger partial charge on any atom is 0.333 e. The van der Waals surface area contributed by atoms with E-state index < -0.39 is 18.0 Å². The topological polar surface area (TPSA) is 95.8 Å². The number of nitrogens with zero attached hydrogens (tertiary/aromatic N) is 4. The Morgan fingerprint density at radius 3 is 2.60 bits per heavy atom. The predicted octanol–water partition coefficient (Wildman–Crippen LogP) is 2.33. The largest absolute Gasteiger partial charge is 0.364 e. The molecule has 1 aromatic carbocycles. The van der Waals surface area contributed by atoms with Gasteiger partial charge in [-0.15, -0.1) is 0 Å². The van der Waals surface area contributed by atoms with Crippen molar-refractivity contribution in [2.75, 3.05) is 0 Å². The highest BCUT2D eigenvalue weighted by Gasteiger charge is 2.26. The van der Waals surface area contributed by atoms with Gasteiger partial charge in [-0.3, -0.25) is 9.48 Å². The zero-order chi connectivity index (χ0) is 18.4. The lowest BCUT2D eigenvalue weighted by Gasteiger charge is -2.19. The van der Waals surface area contributed by atoms with Crippen molar-refractivity contribution in [3.63, 3.8) is 0 Å². The number of hydrogen-bond acceptors (Lipinski definition) is 4. The van der Waals surface area contributed by atoms with Gasteiger partial charge in [-0.25, -0.2) is 4.68 Å². The molecule has 2 heterocycles. The van der Waals surface area contributed by atoms with Gasteiger partial charge in [0.25, 0.3) is 5.91 Å². The first kappa shape index (κ1) is 16.7. The van der Waals surface area contributed by atoms with E-state index in [4.69, 9.17) is 5.73 Å². The Bertz CT molecular complexity index is 974. The number of halogens is 2. The molecule has 0 radical (unpaired) electrons. The van der Waals surface area contributed by atoms with Crippen molar-refractivity contribution in [1.82, 2.24) is 19.6 Å². The lowest BCUT2D eigenvalue weighted by molar-refractivity contribution is -0.114. The number of aldehydes is 1. The van der Waals surface area contributed by atoms with Gasteiger partial charge in [0.2, 0.25) is 0 Å². The fourth-order valence-corrected chi connectivity index (χ4v) is 2.56. The second kappa shape index (κ2) is 5.76. The number of nitrogens with two attached hydrogens (primary N) is 1. The van der Waals surface area contributed by atoms with Crippen LogP contribution < -0.4 is 5.73 Å². The van der Waals surface area contributed by atoms with Crippen molar-refractivity contribution in [2.45, 2.75) is 25.9 Å². The average molecular weight is 347 g/mol. The number of fused-ring (bicyclic) bond motifs is 1. The minimum Gasteiger partial charge on any atom is -0.364 e. The summed E-state index contributed by atoms with van der Waals surface area (Å²) in [6.07, 6.45) is 3.23. The second-order valence-corrected chi connectivity index (χ2v) is 6.11. The Balaban J connectivity index is 2.23. The maximum atomic E-state index is 12.7. The lowest BCUT2D eigenvalue weighted by Crippen LogP contribution is -2.29. The molecule has 2 N–H and O–H groups in total. The van der Waals surface area contributed by atoms with Gasteiger partial charge in [-0.2, -0.15) is 19.0 Å². The standard InChI is InChI=1S/C16H15F2N5O2/c1-16(2,8-24)23-12-5-9(10-6-20-22(7-10)15(17)18)3-4-11(12)13(21-23)14(19)25/h3-8,15H,1-2H3,(H2,19,25). The third-order valence-electron chi connectivity index (χ3n) is 3.88. The lowest BCUT2D eigenvalue weighted by atomic mass is 10.0. The third kappa shape index (κ3) is 2.77. The summed E-state index contributed by atoms with van der Waals surface area (Å²) in [6, 6.07) is 4.93. The molecule has 9 heteroatoms. The summed E-state index contributed by atoms with van der Waals surface area (Å²) in [5, 5.41) is 8.26. The molecule has 1 amide bonds. The van der Waals surface area contributed by atoms with Gasteiger partial charge in [0.1, 0.15) is 11.8 Å². The molecule has 0 atom stereocenters. The van der Waals surface area contributed by atoms with Crippen LogP contribution in [0.15, 0.2) is 30.6 Å². The molecule has 2 aromatic heterocycles. The molecule has 0 spiro atoms. The summed E-state index contributed by atoms with van der Waals surface area (Å²) in [7, 11) is 0. The van der Waals surface area contributed by atoms with Crippen LogP contribution in [0.1, 0.15) is 30.9 Å². The van der Waals surface area contributed by atoms with Crippen LogP contribution in [0.4, 0.5) is 8.78 Å². The monoisotopic (exact) mass is 347 g/mol. The summed E-state index contributed by atoms with van der Waals surface area (Å²) in [5.74, 6) is -0.719. The second-order valence-electron chi connectivity index (χ2n) is 6.11. The minimum absolute atomic E-state index is 0.0414. The third-order valence-corrected chi connectivity index (χ3v) is 3.88. The fourth-order valence-electron chi connectivity index (χ4n) is 2.56. The first-order valence-electron chi connectivity index (χ1n) is 7.36. The summed E-state index contributed by atoms with van der Waals surface area (Å²) in [6.45, 7) is 0.538. The van der Waals surface area contributed by atoms with E-state index in [1.807, 2.05) is 0 Å². The number of amides is 1. The molecule has 0 aliphatic heterocycles. The summed E-state index contributed by atoms with van der Waals surface area (Å²) in [5.41, 5.74) is 5.95. The molecule has 130 valence electrons. The zero-order valence-electron chi connectivity index (χ0n) is 13.5. The van der Waals surface area contributed by atoms with Gasteiger partial charge in [0.05, 0.1) is 11.7 Å². The molecule has 7 nitrogen and oxygen atoms in total. The SMILES string of the molecule is CC(C)(C=O)n1nc(C(N)=O)c2ccc(-c3cnn(C(F)F)c3)cc21. The minimum atomic E-state index is -2.74. The van der Waals surface area contributed by atoms with E-state index in [-0.39, 0.29) is 5.69 Å². The summed E-state index contributed by atoms with van der Waals surface area (Å²) < 4.78 is 27.3. The van der Waals surface area contributed by atoms with Crippen LogP contribution >= 0.6 is 0 Å². The number of hydrogen-bond donors (Lipinski definition) is 1. The molecule has 25 heavy (non-hydrogen) atoms. The van der Waals surface area contributed by atoms with Crippen LogP contribution in [0, 0.1) is 0 Å². The predicted molar refractivity (Wildman–Crippen MR) is 86.1 cm³/mol. The molecule has 3 aromatic rings. The Morgan fingerprint density at radius 1 is 1.32 bits per heavy atom. The maximum absolute atomic E-state index is 12.7. The Kier molecular flexibility index (Phi) is 3.86. The van der Waals surface area contributed by atoms with Gasteiger partial charge in [0, 0.05) is 17.1 Å². The molecule has 3 rings (SSSR count). The summed E-state index contributed by atoms with van der Waals surface area (Å²) >= 11 is 0. The van der Waals surface area contributed by atoms with Gasteiger partial charge >= 0.3 is 6.55 Å². The highest BCUT2D eigenvalue weighted by molar-refractivity contribution is 6.05. The summed E-state index contributed by atoms with van der Waals surface area (Å²) in [4.78, 5) is 23.0. The van der Waals surface area contributed by atoms with Crippen molar-refractivity contribution < 1.29 is 18.4 Å². The van der Waals surface area contributed by atoms with Crippen molar-refractivity contribution in [2.24, 2.45) is 5.73 Å². The van der Waals surface area contributed by atoms with Gasteiger partial charge in [-0.1, -0.05) is 6.07 Å². The van der Waals surface area contributed by atoms with Crippen LogP contribution in [0.2, 0.25) is 0 Å². The van der Waals surface area contributed by atoms with Gasteiger partial charge in [-0.05, 0) is 31.5 Å². The number of benzene rings is 1. The van der Waals surface area contributed by atoms with E-state index in [9.17, 15) is 18.4 Å². The average Bonchev–Trinajstić information content (AvgIpc) is 3.19. The number of alkyl halides is 2. The van der Waals surface area contributed by atoms with Crippen LogP contribution in [0.25, 0.3) is 22.0 Å². The highest BCUT2D eigenvalue weighted by Crippen LogP contribution is 2.29. The van der Waals surface area contributed by atoms with E-state index in [0.29, 0.717) is 33.0 Å². The number of primary amides is 1. The first-order valence-corrected chi connectivity index (χ1v) is 7.36. The van der Waals surface area contributed by atoms with E-state index in [2.05, 4.69) is 10.2 Å². The smallest absolute Gasteiger partial charge is 0.333 e. The first-order chi connectivity index (χ1) is 11.7. The van der Waals surface area contributed by atoms with Crippen molar-refractivity contribution in [3.05, 3.63) is 36.3 Å². The normalized spacial score (nSPS) is 12.0. The molecule has 0 aliphatic rings. The van der Waals surface area contributed by atoms with E-state index >= 15 is 0 Å². The van der Waals surface area contributed by atoms with Gasteiger partial charge < -0.3 is 10.5 Å². The fraction of sp³-hybridized carbons (Fsp3) is 0.250. The molecule has 0 saturated heterocycles. The molecular formula is C16H15F2N5O2. The van der Waals surface area contributed by atoms with Gasteiger partial charge in [0.15, 0.2) is 5.69 Å². The number of aromatic nitrogens is 4. The zero-order valence-corrected chi connectivity index (χ0v) is 13.5. The van der Waals surface area contributed by atoms with Crippen LogP contribution in [-0.2, 0) is 10.3 Å². The molecule has 0 aliphatic carbocycles. The quantitative estimate of drug-likeness (QED) is 0.717.